The molecule has 3 unspecified atom stereocenters. The molecule has 26 heavy (non-hydrogen) atoms. The second kappa shape index (κ2) is 6.22. The van der Waals surface area contributed by atoms with Gasteiger partial charge >= 0.3 is 0 Å². The number of hydrogen-bond acceptors (Lipinski definition) is 4. The third kappa shape index (κ3) is 2.50. The van der Waals surface area contributed by atoms with E-state index in [-0.39, 0.29) is 11.8 Å². The molecule has 3 amide bonds. The molecule has 0 aromatic heterocycles. The van der Waals surface area contributed by atoms with Crippen LogP contribution in [0.2, 0.25) is 0 Å². The van der Waals surface area contributed by atoms with E-state index in [4.69, 9.17) is 0 Å². The van der Waals surface area contributed by atoms with E-state index in [1.807, 2.05) is 60.7 Å². The molecule has 2 aliphatic heterocycles. The molecule has 1 saturated heterocycles. The minimum absolute atomic E-state index is 0.304. The van der Waals surface area contributed by atoms with Gasteiger partial charge < -0.3 is 4.90 Å². The molecule has 4 rings (SSSR count). The molecule has 1 N–H and O–H groups in total. The zero-order chi connectivity index (χ0) is 18.3. The van der Waals surface area contributed by atoms with Gasteiger partial charge in [0.2, 0.25) is 11.8 Å². The van der Waals surface area contributed by atoms with Crippen LogP contribution in [0.15, 0.2) is 65.7 Å². The smallest absolute Gasteiger partial charge is 0.252 e. The molecule has 130 valence electrons. The average Bonchev–Trinajstić information content (AvgIpc) is 3.21. The molecule has 2 heterocycles. The maximum absolute atomic E-state index is 13.0. The van der Waals surface area contributed by atoms with Crippen LogP contribution >= 0.6 is 0 Å². The lowest BCUT2D eigenvalue weighted by Crippen LogP contribution is -2.41. The van der Waals surface area contributed by atoms with Crippen molar-refractivity contribution < 1.29 is 14.4 Å². The first-order chi connectivity index (χ1) is 12.6. The van der Waals surface area contributed by atoms with Gasteiger partial charge in [0.1, 0.15) is 6.04 Å². The number of nitrogens with zero attached hydrogens (tertiary/aromatic N) is 2. The molecular weight excluding hydrogens is 330 g/mol. The number of nitrogens with one attached hydrogen (secondary N) is 1. The van der Waals surface area contributed by atoms with Gasteiger partial charge in [-0.15, -0.1) is 0 Å². The number of para-hydroxylation sites is 1. The topological polar surface area (TPSA) is 78.8 Å². The Bertz CT molecular complexity index is 908. The molecule has 2 aliphatic rings. The molecule has 0 spiro atoms. The summed E-state index contributed by atoms with van der Waals surface area (Å²) in [4.78, 5) is 43.7. The number of rotatable bonds is 3. The van der Waals surface area contributed by atoms with E-state index in [0.29, 0.717) is 11.4 Å². The molecule has 0 aliphatic carbocycles. The van der Waals surface area contributed by atoms with E-state index in [1.54, 1.807) is 7.05 Å². The largest absolute Gasteiger partial charge is 0.314 e. The fraction of sp³-hybridized carbons (Fsp3) is 0.200. The summed E-state index contributed by atoms with van der Waals surface area (Å²) in [5.41, 5.74) is 1.96. The van der Waals surface area contributed by atoms with Crippen molar-refractivity contribution in [3.05, 3.63) is 66.2 Å². The van der Waals surface area contributed by atoms with Crippen LogP contribution in [0.4, 0.5) is 5.69 Å². The Labute approximate surface area is 150 Å². The summed E-state index contributed by atoms with van der Waals surface area (Å²) in [6, 6.07) is 17.5. The lowest BCUT2D eigenvalue weighted by atomic mass is 9.86. The quantitative estimate of drug-likeness (QED) is 0.853. The van der Waals surface area contributed by atoms with Gasteiger partial charge in [0.15, 0.2) is 0 Å². The molecule has 0 radical (unpaired) electrons. The van der Waals surface area contributed by atoms with Crippen LogP contribution in [0.1, 0.15) is 5.56 Å². The highest BCUT2D eigenvalue weighted by Gasteiger charge is 2.55. The maximum atomic E-state index is 13.0. The van der Waals surface area contributed by atoms with Gasteiger partial charge in [0, 0.05) is 12.7 Å². The number of hydrogen-bond donors (Lipinski definition) is 1. The Hall–Kier alpha value is -3.28. The summed E-state index contributed by atoms with van der Waals surface area (Å²) in [6.45, 7) is 0. The van der Waals surface area contributed by atoms with E-state index in [0.717, 1.165) is 5.56 Å². The van der Waals surface area contributed by atoms with E-state index in [9.17, 15) is 14.4 Å². The van der Waals surface area contributed by atoms with Crippen LogP contribution in [0, 0.1) is 11.8 Å². The van der Waals surface area contributed by atoms with Gasteiger partial charge in [-0.1, -0.05) is 48.5 Å². The number of carbonyl (C=O) groups is 3. The number of likely N-dealkylation sites (N-methyl/N-ethyl adjacent to an activating group) is 1. The molecule has 0 bridgehead atoms. The van der Waals surface area contributed by atoms with E-state index >= 15 is 0 Å². The van der Waals surface area contributed by atoms with Gasteiger partial charge in [-0.05, 0) is 17.7 Å². The first-order valence-corrected chi connectivity index (χ1v) is 8.38. The molecule has 6 heteroatoms. The predicted octanol–water partition coefficient (Wildman–Crippen LogP) is 1.41. The summed E-state index contributed by atoms with van der Waals surface area (Å²) < 4.78 is 0. The maximum Gasteiger partial charge on any atom is 0.252 e. The minimum Gasteiger partial charge on any atom is -0.314 e. The normalized spacial score (nSPS) is 24.0. The Kier molecular flexibility index (Phi) is 3.88. The first kappa shape index (κ1) is 16.2. The van der Waals surface area contributed by atoms with Crippen molar-refractivity contribution in [2.75, 3.05) is 11.9 Å². The number of aliphatic imine (C=N–C) groups is 1. The fourth-order valence-electron chi connectivity index (χ4n) is 3.58. The molecule has 3 atom stereocenters. The van der Waals surface area contributed by atoms with Crippen molar-refractivity contribution in [1.82, 2.24) is 5.32 Å². The summed E-state index contributed by atoms with van der Waals surface area (Å²) in [7, 11) is 1.65. The van der Waals surface area contributed by atoms with Crippen LogP contribution in [0.3, 0.4) is 0 Å². The summed E-state index contributed by atoms with van der Waals surface area (Å²) in [5, 5.41) is 2.35. The molecule has 6 nitrogen and oxygen atoms in total. The lowest BCUT2D eigenvalue weighted by Gasteiger charge is -2.22. The molecule has 0 saturated carbocycles. The van der Waals surface area contributed by atoms with Gasteiger partial charge in [-0.2, -0.15) is 0 Å². The predicted molar refractivity (Wildman–Crippen MR) is 96.7 cm³/mol. The van der Waals surface area contributed by atoms with E-state index < -0.39 is 23.8 Å². The van der Waals surface area contributed by atoms with Crippen molar-refractivity contribution in [2.45, 2.75) is 6.04 Å². The monoisotopic (exact) mass is 347 g/mol. The van der Waals surface area contributed by atoms with Crippen LogP contribution in [0.5, 0.6) is 0 Å². The number of fused-ring (bicyclic) bond motifs is 1. The number of amides is 3. The van der Waals surface area contributed by atoms with Crippen molar-refractivity contribution in [1.29, 1.82) is 0 Å². The Balaban J connectivity index is 1.73. The number of imide groups is 1. The van der Waals surface area contributed by atoms with Gasteiger partial charge in [0.25, 0.3) is 5.91 Å². The molecule has 2 aromatic carbocycles. The molecule has 2 aromatic rings. The van der Waals surface area contributed by atoms with Crippen LogP contribution in [0.25, 0.3) is 0 Å². The highest BCUT2D eigenvalue weighted by molar-refractivity contribution is 6.25. The van der Waals surface area contributed by atoms with E-state index in [2.05, 4.69) is 10.3 Å². The number of carbonyl (C=O) groups excluding carboxylic acids is 3. The van der Waals surface area contributed by atoms with Crippen molar-refractivity contribution in [3.63, 3.8) is 0 Å². The number of anilines is 1. The standard InChI is InChI=1S/C20H17N3O3/c1-23(13-10-6-3-7-11-13)20(26)17-15-14(18(24)22-19(15)25)16(21-17)12-8-4-2-5-9-12/h2-11,14-15,17H,1H3,(H,22,24,25). The van der Waals surface area contributed by atoms with Gasteiger partial charge in [0.05, 0.1) is 17.5 Å². The van der Waals surface area contributed by atoms with Crippen molar-refractivity contribution >= 4 is 29.1 Å². The lowest BCUT2D eigenvalue weighted by molar-refractivity contribution is -0.129. The second-order valence-electron chi connectivity index (χ2n) is 6.41. The third-order valence-corrected chi connectivity index (χ3v) is 4.90. The van der Waals surface area contributed by atoms with Gasteiger partial charge in [-0.3, -0.25) is 24.7 Å². The minimum atomic E-state index is -0.910. The fourth-order valence-corrected chi connectivity index (χ4v) is 3.58. The Morgan fingerprint density at radius 1 is 0.962 bits per heavy atom. The summed E-state index contributed by atoms with van der Waals surface area (Å²) in [6.07, 6.45) is 0. The zero-order valence-corrected chi connectivity index (χ0v) is 14.1. The van der Waals surface area contributed by atoms with Crippen LogP contribution < -0.4 is 10.2 Å². The van der Waals surface area contributed by atoms with E-state index in [1.165, 1.54) is 4.90 Å². The second-order valence-corrected chi connectivity index (χ2v) is 6.41. The Morgan fingerprint density at radius 2 is 1.58 bits per heavy atom. The summed E-state index contributed by atoms with van der Waals surface area (Å²) in [5.74, 6) is -2.64. The third-order valence-electron chi connectivity index (χ3n) is 4.90. The van der Waals surface area contributed by atoms with Gasteiger partial charge in [-0.25, -0.2) is 0 Å². The first-order valence-electron chi connectivity index (χ1n) is 8.38. The molecule has 1 fully saturated rings. The molecular formula is C20H17N3O3. The van der Waals surface area contributed by atoms with Crippen LogP contribution in [-0.2, 0) is 14.4 Å². The highest BCUT2D eigenvalue weighted by Crippen LogP contribution is 2.36. The summed E-state index contributed by atoms with van der Waals surface area (Å²) >= 11 is 0. The van der Waals surface area contributed by atoms with Crippen LogP contribution in [-0.4, -0.2) is 36.5 Å². The highest BCUT2D eigenvalue weighted by atomic mass is 16.2. The SMILES string of the molecule is CN(C(=O)C1N=C(c2ccccc2)C2C(=O)NC(=O)C12)c1ccccc1. The van der Waals surface area contributed by atoms with Crippen molar-refractivity contribution in [3.8, 4) is 0 Å². The Morgan fingerprint density at radius 3 is 2.23 bits per heavy atom. The van der Waals surface area contributed by atoms with Crippen molar-refractivity contribution in [2.24, 2.45) is 16.8 Å². The zero-order valence-electron chi connectivity index (χ0n) is 14.1. The average molecular weight is 347 g/mol. The number of benzene rings is 2.